The van der Waals surface area contributed by atoms with Crippen LogP contribution < -0.4 is 14.4 Å². The van der Waals surface area contributed by atoms with Gasteiger partial charge in [-0.1, -0.05) is 37.5 Å². The van der Waals surface area contributed by atoms with Gasteiger partial charge >= 0.3 is 0 Å². The average Bonchev–Trinajstić information content (AvgIpc) is 2.93. The van der Waals surface area contributed by atoms with Crippen molar-refractivity contribution in [2.75, 3.05) is 24.6 Å². The Morgan fingerprint density at radius 1 is 1.07 bits per heavy atom. The summed E-state index contributed by atoms with van der Waals surface area (Å²) in [5.41, 5.74) is 3.60. The number of allylic oxidation sites excluding steroid dienone is 2. The first-order chi connectivity index (χ1) is 19.1. The Morgan fingerprint density at radius 2 is 1.88 bits per heavy atom. The largest absolute Gasteiger partial charge is 0.487 e. The number of amides is 1. The zero-order valence-corrected chi connectivity index (χ0v) is 25.2. The van der Waals surface area contributed by atoms with Crippen molar-refractivity contribution in [2.45, 2.75) is 88.4 Å². The van der Waals surface area contributed by atoms with E-state index in [2.05, 4.69) is 22.6 Å². The van der Waals surface area contributed by atoms with Crippen LogP contribution in [0.2, 0.25) is 0 Å². The van der Waals surface area contributed by atoms with Crippen molar-refractivity contribution >= 4 is 33.2 Å². The number of sulfonamides is 1. The fourth-order valence-corrected chi connectivity index (χ4v) is 7.94. The first kappa shape index (κ1) is 29.5. The Bertz CT molecular complexity index is 1260. The molecular formula is C31H43ClN2O5S. The number of aliphatic hydroxyl groups is 1. The molecule has 2 heterocycles. The van der Waals surface area contributed by atoms with E-state index in [0.717, 1.165) is 62.9 Å². The second-order valence-corrected chi connectivity index (χ2v) is 14.8. The number of carbonyl (C=O) groups is 1. The molecule has 1 aromatic carbocycles. The summed E-state index contributed by atoms with van der Waals surface area (Å²) in [5.74, 6) is 0.910. The molecule has 0 radical (unpaired) electrons. The standard InChI is InChI=1S/C31H43ClN2O5S/c1-20-7-3-4-9-29(35)26-13-10-23(26)18-34-16-6-5-8-25-21(2)27(32)14-11-24(25)19-39-30-15-12-22(17-28(30)34)31(36)33-40(20,37)38/h11-12,14-15,17,20-21,23,26-27,29,35H,3-10,13,16,18-19H2,1-2H3,(H,33,36)/t20-,21?,23-,26+,27?,29-/m0/s1. The second-order valence-electron chi connectivity index (χ2n) is 12.2. The number of benzene rings is 1. The van der Waals surface area contributed by atoms with E-state index in [1.54, 1.807) is 25.1 Å². The average molecular weight is 591 g/mol. The lowest BCUT2D eigenvalue weighted by molar-refractivity contribution is 0.00935. The highest BCUT2D eigenvalue weighted by atomic mass is 35.5. The number of hydrogen-bond acceptors (Lipinski definition) is 6. The van der Waals surface area contributed by atoms with Gasteiger partial charge in [0.15, 0.2) is 0 Å². The summed E-state index contributed by atoms with van der Waals surface area (Å²) in [4.78, 5) is 15.5. The number of anilines is 1. The van der Waals surface area contributed by atoms with E-state index in [-0.39, 0.29) is 23.3 Å². The van der Waals surface area contributed by atoms with Crippen LogP contribution in [-0.2, 0) is 10.0 Å². The lowest BCUT2D eigenvalue weighted by Gasteiger charge is -2.43. The highest BCUT2D eigenvalue weighted by molar-refractivity contribution is 7.90. The minimum Gasteiger partial charge on any atom is -0.487 e. The summed E-state index contributed by atoms with van der Waals surface area (Å²) in [6, 6.07) is 5.22. The van der Waals surface area contributed by atoms with Gasteiger partial charge in [-0.15, -0.1) is 11.6 Å². The van der Waals surface area contributed by atoms with Crippen LogP contribution in [0.25, 0.3) is 0 Å². The number of carbonyl (C=O) groups excluding carboxylic acids is 1. The molecule has 40 heavy (non-hydrogen) atoms. The van der Waals surface area contributed by atoms with Gasteiger partial charge in [0.2, 0.25) is 10.0 Å². The second kappa shape index (κ2) is 12.5. The summed E-state index contributed by atoms with van der Waals surface area (Å²) < 4.78 is 34.6. The first-order valence-electron chi connectivity index (χ1n) is 14.9. The smallest absolute Gasteiger partial charge is 0.264 e. The van der Waals surface area contributed by atoms with Crippen molar-refractivity contribution in [3.05, 3.63) is 47.1 Å². The molecule has 2 aliphatic carbocycles. The van der Waals surface area contributed by atoms with E-state index in [1.807, 2.05) is 6.08 Å². The summed E-state index contributed by atoms with van der Waals surface area (Å²) in [5, 5.41) is 10.3. The molecular weight excluding hydrogens is 548 g/mol. The molecule has 0 saturated heterocycles. The minimum absolute atomic E-state index is 0.0225. The Balaban J connectivity index is 1.51. The van der Waals surface area contributed by atoms with Crippen LogP contribution in [0.15, 0.2) is 41.5 Å². The molecule has 7 nitrogen and oxygen atoms in total. The van der Waals surface area contributed by atoms with Crippen molar-refractivity contribution < 1.29 is 23.1 Å². The lowest BCUT2D eigenvalue weighted by atomic mass is 9.69. The van der Waals surface area contributed by atoms with Crippen LogP contribution >= 0.6 is 11.6 Å². The number of fused-ring (bicyclic) bond motifs is 2. The van der Waals surface area contributed by atoms with Gasteiger partial charge in [0, 0.05) is 18.7 Å². The van der Waals surface area contributed by atoms with Gasteiger partial charge in [-0.2, -0.15) is 0 Å². The quantitative estimate of drug-likeness (QED) is 0.383. The molecule has 220 valence electrons. The lowest BCUT2D eigenvalue weighted by Crippen LogP contribution is -2.44. The summed E-state index contributed by atoms with van der Waals surface area (Å²) >= 11 is 6.58. The number of hydrogen-bond donors (Lipinski definition) is 2. The Morgan fingerprint density at radius 3 is 2.65 bits per heavy atom. The van der Waals surface area contributed by atoms with Gasteiger partial charge < -0.3 is 14.7 Å². The molecule has 9 heteroatoms. The van der Waals surface area contributed by atoms with Crippen LogP contribution in [-0.4, -0.2) is 55.9 Å². The summed E-state index contributed by atoms with van der Waals surface area (Å²) in [6.07, 6.45) is 11.4. The van der Waals surface area contributed by atoms with Crippen LogP contribution in [0, 0.1) is 17.8 Å². The van der Waals surface area contributed by atoms with E-state index < -0.39 is 21.2 Å². The summed E-state index contributed by atoms with van der Waals surface area (Å²) in [7, 11) is -3.83. The van der Waals surface area contributed by atoms with E-state index in [9.17, 15) is 18.3 Å². The topological polar surface area (TPSA) is 95.9 Å². The molecule has 2 aliphatic heterocycles. The van der Waals surface area contributed by atoms with Gasteiger partial charge in [0.25, 0.3) is 5.91 Å². The van der Waals surface area contributed by atoms with E-state index >= 15 is 0 Å². The molecule has 2 bridgehead atoms. The Hall–Kier alpha value is -2.03. The molecule has 0 aromatic heterocycles. The van der Waals surface area contributed by atoms with E-state index in [1.165, 1.54) is 5.57 Å². The molecule has 4 aliphatic rings. The molecule has 6 atom stereocenters. The van der Waals surface area contributed by atoms with Crippen molar-refractivity contribution in [2.24, 2.45) is 17.8 Å². The molecule has 1 fully saturated rings. The highest BCUT2D eigenvalue weighted by Gasteiger charge is 2.38. The molecule has 2 N–H and O–H groups in total. The number of nitrogens with one attached hydrogen (secondary N) is 1. The molecule has 2 unspecified atom stereocenters. The van der Waals surface area contributed by atoms with Gasteiger partial charge in [0.05, 0.1) is 22.4 Å². The van der Waals surface area contributed by atoms with Crippen molar-refractivity contribution in [1.82, 2.24) is 4.72 Å². The number of alkyl halides is 1. The molecule has 0 spiro atoms. The normalized spacial score (nSPS) is 33.4. The maximum absolute atomic E-state index is 13.2. The minimum atomic E-state index is -3.83. The maximum atomic E-state index is 13.2. The predicted molar refractivity (Wildman–Crippen MR) is 160 cm³/mol. The Labute approximate surface area is 244 Å². The third-order valence-electron chi connectivity index (χ3n) is 9.54. The number of nitrogens with zero attached hydrogens (tertiary/aromatic N) is 1. The van der Waals surface area contributed by atoms with Crippen LogP contribution in [0.4, 0.5) is 5.69 Å². The molecule has 5 rings (SSSR count). The predicted octanol–water partition coefficient (Wildman–Crippen LogP) is 5.57. The fraction of sp³-hybridized carbons (Fsp3) is 0.645. The number of aliphatic hydroxyl groups excluding tert-OH is 1. The van der Waals surface area contributed by atoms with Crippen molar-refractivity contribution in [1.29, 1.82) is 0 Å². The Kier molecular flexibility index (Phi) is 9.17. The zero-order valence-electron chi connectivity index (χ0n) is 23.6. The molecule has 1 saturated carbocycles. The van der Waals surface area contributed by atoms with Gasteiger partial charge in [-0.05, 0) is 93.4 Å². The molecule has 1 amide bonds. The third kappa shape index (κ3) is 6.39. The van der Waals surface area contributed by atoms with Gasteiger partial charge in [-0.3, -0.25) is 4.79 Å². The van der Waals surface area contributed by atoms with Crippen molar-refractivity contribution in [3.63, 3.8) is 0 Å². The van der Waals surface area contributed by atoms with Crippen LogP contribution in [0.3, 0.4) is 0 Å². The number of halogens is 1. The molecule has 1 aromatic rings. The zero-order chi connectivity index (χ0) is 28.4. The number of rotatable bonds is 0. The van der Waals surface area contributed by atoms with Crippen LogP contribution in [0.1, 0.15) is 82.0 Å². The van der Waals surface area contributed by atoms with Crippen LogP contribution in [0.5, 0.6) is 5.75 Å². The highest BCUT2D eigenvalue weighted by Crippen LogP contribution is 2.42. The maximum Gasteiger partial charge on any atom is 0.264 e. The van der Waals surface area contributed by atoms with E-state index in [0.29, 0.717) is 43.1 Å². The van der Waals surface area contributed by atoms with Gasteiger partial charge in [0.1, 0.15) is 12.4 Å². The van der Waals surface area contributed by atoms with Crippen molar-refractivity contribution in [3.8, 4) is 5.75 Å². The SMILES string of the molecule is CC1C2=C(C=CC1Cl)COc1ccc3cc1N(CCCC2)C[C@@H]1CC[C@H]1[C@@H](O)CCCC[C@H](C)S(=O)(=O)NC3=O. The summed E-state index contributed by atoms with van der Waals surface area (Å²) in [6.45, 7) is 5.77. The van der Waals surface area contributed by atoms with E-state index in [4.69, 9.17) is 16.3 Å². The third-order valence-corrected chi connectivity index (χ3v) is 11.8. The monoisotopic (exact) mass is 590 g/mol. The van der Waals surface area contributed by atoms with Gasteiger partial charge in [-0.25, -0.2) is 13.1 Å². The first-order valence-corrected chi connectivity index (χ1v) is 16.9. The fourth-order valence-electron chi connectivity index (χ4n) is 6.66. The number of ether oxygens (including phenoxy) is 1.